The topological polar surface area (TPSA) is 66.4 Å². The zero-order valence-corrected chi connectivity index (χ0v) is 20.2. The fraction of sp³-hybridized carbons (Fsp3) is 0. The van der Waals surface area contributed by atoms with Gasteiger partial charge in [0.2, 0.25) is 0 Å². The van der Waals surface area contributed by atoms with Crippen molar-refractivity contribution in [2.24, 2.45) is 0 Å². The maximum atomic E-state index is 12.7. The largest absolute Gasteiger partial charge is 0.478 e. The van der Waals surface area contributed by atoms with Crippen LogP contribution in [0.3, 0.4) is 0 Å². The second-order valence-corrected chi connectivity index (χ2v) is 8.90. The van der Waals surface area contributed by atoms with Gasteiger partial charge in [0.15, 0.2) is 0 Å². The highest BCUT2D eigenvalue weighted by Gasteiger charge is 2.28. The molecule has 2 aromatic carbocycles. The summed E-state index contributed by atoms with van der Waals surface area (Å²) in [4.78, 5) is 24.4. The molecule has 0 aliphatic heterocycles. The minimum Gasteiger partial charge on any atom is -0.478 e. The molecule has 1 amide bonds. The molecule has 4 nitrogen and oxygen atoms in total. The molecule has 0 radical (unpaired) electrons. The first-order valence-corrected chi connectivity index (χ1v) is 10.4. The van der Waals surface area contributed by atoms with E-state index in [0.29, 0.717) is 8.95 Å². The van der Waals surface area contributed by atoms with Crippen LogP contribution in [0.1, 0.15) is 20.7 Å². The van der Waals surface area contributed by atoms with E-state index in [1.54, 1.807) is 0 Å². The molecule has 0 bridgehead atoms. The van der Waals surface area contributed by atoms with Gasteiger partial charge in [-0.2, -0.15) is 0 Å². The Hall–Kier alpha value is 0.170. The smallest absolute Gasteiger partial charge is 0.337 e. The van der Waals surface area contributed by atoms with E-state index in [2.05, 4.69) is 69.0 Å². The van der Waals surface area contributed by atoms with Crippen molar-refractivity contribution in [2.75, 3.05) is 5.32 Å². The Morgan fingerprint density at radius 3 is 1.80 bits per heavy atom. The van der Waals surface area contributed by atoms with Crippen LogP contribution in [-0.2, 0) is 0 Å². The maximum Gasteiger partial charge on any atom is 0.337 e. The number of carbonyl (C=O) groups excluding carboxylic acids is 1. The summed E-state index contributed by atoms with van der Waals surface area (Å²) in [6.45, 7) is 0. The van der Waals surface area contributed by atoms with Crippen molar-refractivity contribution in [2.45, 2.75) is 0 Å². The fourth-order valence-corrected chi connectivity index (χ4v) is 4.91. The van der Waals surface area contributed by atoms with Gasteiger partial charge in [-0.3, -0.25) is 4.79 Å². The second kappa shape index (κ2) is 8.46. The van der Waals surface area contributed by atoms with E-state index >= 15 is 0 Å². The number of aromatic carboxylic acids is 1. The molecule has 2 rings (SSSR count). The van der Waals surface area contributed by atoms with Crippen LogP contribution in [0.15, 0.2) is 30.0 Å². The van der Waals surface area contributed by atoms with Crippen molar-refractivity contribution in [1.82, 2.24) is 0 Å². The first kappa shape index (κ1) is 21.5. The number of rotatable bonds is 3. The number of halogens is 7. The molecule has 0 atom stereocenters. The molecule has 11 heteroatoms. The summed E-state index contributed by atoms with van der Waals surface area (Å²) >= 11 is 30.8. The molecule has 0 saturated carbocycles. The number of carboxylic acids is 1. The van der Waals surface area contributed by atoms with Crippen LogP contribution in [0.25, 0.3) is 0 Å². The van der Waals surface area contributed by atoms with Crippen molar-refractivity contribution >= 4 is 116 Å². The third kappa shape index (κ3) is 4.36. The molecule has 2 N–H and O–H groups in total. The molecule has 0 saturated heterocycles. The number of carbonyl (C=O) groups is 2. The average molecular weight is 660 g/mol. The predicted molar refractivity (Wildman–Crippen MR) is 114 cm³/mol. The number of hydrogen-bond acceptors (Lipinski definition) is 2. The quantitative estimate of drug-likeness (QED) is 0.263. The normalized spacial score (nSPS) is 10.7. The Bertz CT molecular complexity index is 921. The Labute approximate surface area is 190 Å². The lowest BCUT2D eigenvalue weighted by Gasteiger charge is -2.15. The van der Waals surface area contributed by atoms with E-state index in [0.717, 1.165) is 0 Å². The van der Waals surface area contributed by atoms with Gasteiger partial charge in [-0.05, 0) is 75.9 Å². The lowest BCUT2D eigenvalue weighted by molar-refractivity contribution is 0.0691. The van der Waals surface area contributed by atoms with Gasteiger partial charge in [-0.25, -0.2) is 4.79 Å². The van der Waals surface area contributed by atoms with Gasteiger partial charge in [-0.1, -0.05) is 34.8 Å². The third-order valence-corrected chi connectivity index (χ3v) is 8.77. The molecular weight excluding hydrogens is 656 g/mol. The Balaban J connectivity index is 2.61. The number of benzene rings is 2. The summed E-state index contributed by atoms with van der Waals surface area (Å²) in [5.74, 6) is -1.98. The molecule has 0 unspecified atom stereocenters. The molecule has 0 aliphatic rings. The number of anilines is 1. The minimum absolute atomic E-state index is 0.100. The molecule has 0 aromatic heterocycles. The highest BCUT2D eigenvalue weighted by molar-refractivity contribution is 9.15. The maximum absolute atomic E-state index is 12.7. The molecule has 0 aliphatic carbocycles. The molecule has 0 heterocycles. The molecule has 0 fully saturated rings. The highest BCUT2D eigenvalue weighted by Crippen LogP contribution is 2.42. The lowest BCUT2D eigenvalue weighted by Crippen LogP contribution is -2.18. The first-order valence-electron chi connectivity index (χ1n) is 6.11. The van der Waals surface area contributed by atoms with E-state index < -0.39 is 11.9 Å². The number of amides is 1. The molecule has 132 valence electrons. The van der Waals surface area contributed by atoms with Crippen LogP contribution in [0.5, 0.6) is 0 Å². The van der Waals surface area contributed by atoms with Crippen molar-refractivity contribution in [3.63, 3.8) is 0 Å². The van der Waals surface area contributed by atoms with E-state index in [1.165, 1.54) is 12.1 Å². The summed E-state index contributed by atoms with van der Waals surface area (Å²) in [6, 6.07) is 2.75. The van der Waals surface area contributed by atoms with Crippen LogP contribution in [0, 0.1) is 0 Å². The van der Waals surface area contributed by atoms with Gasteiger partial charge < -0.3 is 10.4 Å². The number of nitrogens with one attached hydrogen (secondary N) is 1. The van der Waals surface area contributed by atoms with Crippen molar-refractivity contribution < 1.29 is 14.7 Å². The van der Waals surface area contributed by atoms with Gasteiger partial charge in [0, 0.05) is 17.9 Å². The van der Waals surface area contributed by atoms with Crippen molar-refractivity contribution in [3.05, 3.63) is 56.2 Å². The SMILES string of the molecule is O=C(O)c1c(Br)c(Br)c(Br)c(Br)c1C(=O)Nc1cc(Cl)c(Cl)cc1Cl. The first-order chi connectivity index (χ1) is 11.6. The number of hydrogen-bond donors (Lipinski definition) is 2. The van der Waals surface area contributed by atoms with Crippen molar-refractivity contribution in [1.29, 1.82) is 0 Å². The monoisotopic (exact) mass is 655 g/mol. The summed E-state index contributed by atoms with van der Waals surface area (Å²) in [5.41, 5.74) is -0.133. The van der Waals surface area contributed by atoms with E-state index in [4.69, 9.17) is 34.8 Å². The standard InChI is InChI=1S/C14H4Br4Cl3NO3/c15-9-7(8(14(24)25)10(16)12(18)11(9)17)13(23)22-6-2-4(20)3(19)1-5(6)21/h1-2H,(H,22,23)(H,24,25). The van der Waals surface area contributed by atoms with E-state index in [-0.39, 0.29) is 40.8 Å². The van der Waals surface area contributed by atoms with Crippen molar-refractivity contribution in [3.8, 4) is 0 Å². The molecular formula is C14H4Br4Cl3NO3. The van der Waals surface area contributed by atoms with Gasteiger partial charge in [0.25, 0.3) is 5.91 Å². The molecule has 0 spiro atoms. The summed E-state index contributed by atoms with van der Waals surface area (Å²) in [7, 11) is 0. The van der Waals surface area contributed by atoms with Gasteiger partial charge in [0.1, 0.15) is 0 Å². The van der Waals surface area contributed by atoms with Gasteiger partial charge >= 0.3 is 5.97 Å². The highest BCUT2D eigenvalue weighted by atomic mass is 79.9. The Morgan fingerprint density at radius 1 is 0.800 bits per heavy atom. The van der Waals surface area contributed by atoms with E-state index in [1.807, 2.05) is 0 Å². The van der Waals surface area contributed by atoms with Crippen LogP contribution < -0.4 is 5.32 Å². The summed E-state index contributed by atoms with van der Waals surface area (Å²) in [6.07, 6.45) is 0. The Morgan fingerprint density at radius 2 is 1.28 bits per heavy atom. The third-order valence-electron chi connectivity index (χ3n) is 2.97. The summed E-state index contributed by atoms with van der Waals surface area (Å²) < 4.78 is 1.38. The average Bonchev–Trinajstić information content (AvgIpc) is 2.53. The van der Waals surface area contributed by atoms with E-state index in [9.17, 15) is 14.7 Å². The van der Waals surface area contributed by atoms with Crippen LogP contribution >= 0.6 is 98.5 Å². The zero-order valence-electron chi connectivity index (χ0n) is 11.6. The Kier molecular flexibility index (Phi) is 7.26. The summed E-state index contributed by atoms with van der Waals surface area (Å²) in [5, 5.41) is 12.6. The minimum atomic E-state index is -1.29. The predicted octanol–water partition coefficient (Wildman–Crippen LogP) is 7.65. The van der Waals surface area contributed by atoms with Crippen LogP contribution in [-0.4, -0.2) is 17.0 Å². The van der Waals surface area contributed by atoms with Gasteiger partial charge in [0.05, 0.1) is 31.9 Å². The number of carboxylic acid groups (broad SMARTS) is 1. The van der Waals surface area contributed by atoms with Gasteiger partial charge in [-0.15, -0.1) is 0 Å². The van der Waals surface area contributed by atoms with Crippen LogP contribution in [0.4, 0.5) is 5.69 Å². The fourth-order valence-electron chi connectivity index (χ4n) is 1.85. The second-order valence-electron chi connectivity index (χ2n) is 4.51. The lowest BCUT2D eigenvalue weighted by atomic mass is 10.1. The molecule has 25 heavy (non-hydrogen) atoms. The molecule has 2 aromatic rings. The zero-order chi connectivity index (χ0) is 19.0. The van der Waals surface area contributed by atoms with Crippen LogP contribution in [0.2, 0.25) is 15.1 Å².